The predicted octanol–water partition coefficient (Wildman–Crippen LogP) is 1.02. The zero-order chi connectivity index (χ0) is 8.15. The molecule has 0 aromatic heterocycles. The fraction of sp³-hybridized carbons (Fsp3) is 0.400. The van der Waals surface area contributed by atoms with Crippen LogP contribution < -0.4 is 0 Å². The molecule has 0 aromatic rings. The Hall–Kier alpha value is -0.730. The van der Waals surface area contributed by atoms with Crippen LogP contribution >= 0.6 is 8.03 Å². The molecule has 0 aliphatic carbocycles. The molecule has 0 aliphatic heterocycles. The second-order valence-electron chi connectivity index (χ2n) is 1.62. The van der Waals surface area contributed by atoms with E-state index >= 15 is 0 Å². The van der Waals surface area contributed by atoms with Gasteiger partial charge in [0.25, 0.3) is 0 Å². The maximum absolute atomic E-state index is 10.3. The maximum Gasteiger partial charge on any atom is 0.505 e. The number of carbonyl (C=O) groups is 1. The fourth-order valence-electron chi connectivity index (χ4n) is 0.231. The van der Waals surface area contributed by atoms with Gasteiger partial charge in [0.15, 0.2) is 6.66 Å². The third kappa shape index (κ3) is 4.18. The molecular weight excluding hydrogens is 155 g/mol. The topological polar surface area (TPSA) is 63.6 Å². The van der Waals surface area contributed by atoms with Crippen LogP contribution in [0.2, 0.25) is 0 Å². The lowest BCUT2D eigenvalue weighted by atomic mass is 10.3. The van der Waals surface area contributed by atoms with Crippen molar-refractivity contribution in [1.82, 2.24) is 0 Å². The van der Waals surface area contributed by atoms with E-state index in [1.54, 1.807) is 0 Å². The first kappa shape index (κ1) is 9.27. The Kier molecular flexibility index (Phi) is 3.84. The highest BCUT2D eigenvalue weighted by Gasteiger charge is 2.11. The highest BCUT2D eigenvalue weighted by Crippen LogP contribution is 2.15. The first-order chi connectivity index (χ1) is 4.54. The molecule has 5 heteroatoms. The van der Waals surface area contributed by atoms with Crippen molar-refractivity contribution >= 4 is 14.0 Å². The Balaban J connectivity index is 3.60. The average molecular weight is 163 g/mol. The van der Waals surface area contributed by atoms with Gasteiger partial charge in [0.05, 0.1) is 5.57 Å². The molecule has 0 saturated heterocycles. The summed E-state index contributed by atoms with van der Waals surface area (Å²) in [5.74, 6) is -1.13. The predicted molar refractivity (Wildman–Crippen MR) is 36.3 cm³/mol. The van der Waals surface area contributed by atoms with Gasteiger partial charge in [-0.25, -0.2) is 4.79 Å². The quantitative estimate of drug-likeness (QED) is 0.496. The van der Waals surface area contributed by atoms with E-state index in [2.05, 4.69) is 11.1 Å². The van der Waals surface area contributed by atoms with Crippen molar-refractivity contribution in [1.29, 1.82) is 0 Å². The molecule has 4 nitrogen and oxygen atoms in total. The minimum absolute atomic E-state index is 0.0924. The van der Waals surface area contributed by atoms with Crippen LogP contribution in [0, 0.1) is 0 Å². The summed E-state index contributed by atoms with van der Waals surface area (Å²) in [7, 11) is -1.73. The number of carboxylic acid groups (broad SMARTS) is 1. The van der Waals surface area contributed by atoms with Crippen molar-refractivity contribution in [3.63, 3.8) is 0 Å². The molecule has 0 aromatic carbocycles. The molecule has 1 atom stereocenters. The molecule has 0 fully saturated rings. The normalized spacial score (nSPS) is 10.7. The summed E-state index contributed by atoms with van der Waals surface area (Å²) in [6.45, 7) is 4.35. The number of aliphatic carboxylic acids is 1. The van der Waals surface area contributed by atoms with Gasteiger partial charge >= 0.3 is 14.0 Å². The van der Waals surface area contributed by atoms with Crippen LogP contribution in [-0.2, 0) is 13.9 Å². The molecular formula is C5H8O4P+. The van der Waals surface area contributed by atoms with Crippen LogP contribution in [0.3, 0.4) is 0 Å². The van der Waals surface area contributed by atoms with Crippen molar-refractivity contribution in [3.8, 4) is 0 Å². The molecule has 0 heterocycles. The van der Waals surface area contributed by atoms with E-state index in [1.807, 2.05) is 0 Å². The second-order valence-corrected chi connectivity index (χ2v) is 2.76. The van der Waals surface area contributed by atoms with E-state index in [-0.39, 0.29) is 12.2 Å². The molecule has 0 spiro atoms. The van der Waals surface area contributed by atoms with Crippen molar-refractivity contribution in [2.75, 3.05) is 13.3 Å². The third-order valence-electron chi connectivity index (χ3n) is 0.723. The van der Waals surface area contributed by atoms with Crippen molar-refractivity contribution in [3.05, 3.63) is 12.2 Å². The number of carboxylic acids is 1. The Morgan fingerprint density at radius 3 is 2.60 bits per heavy atom. The fourth-order valence-corrected chi connectivity index (χ4v) is 0.568. The van der Waals surface area contributed by atoms with Crippen molar-refractivity contribution in [2.45, 2.75) is 0 Å². The summed E-state index contributed by atoms with van der Waals surface area (Å²) in [6.07, 6.45) is 0. The number of hydrogen-bond acceptors (Lipinski definition) is 3. The smallest absolute Gasteiger partial charge is 0.478 e. The second kappa shape index (κ2) is 4.14. The lowest BCUT2D eigenvalue weighted by Crippen LogP contribution is -2.03. The summed E-state index contributed by atoms with van der Waals surface area (Å²) in [5, 5.41) is 8.22. The molecule has 1 N–H and O–H groups in total. The zero-order valence-electron chi connectivity index (χ0n) is 5.53. The van der Waals surface area contributed by atoms with Crippen LogP contribution in [0.15, 0.2) is 12.2 Å². The van der Waals surface area contributed by atoms with Gasteiger partial charge in [-0.15, -0.1) is 4.52 Å². The molecule has 10 heavy (non-hydrogen) atoms. The molecule has 0 rings (SSSR count). The van der Waals surface area contributed by atoms with Gasteiger partial charge in [0.2, 0.25) is 0 Å². The highest BCUT2D eigenvalue weighted by atomic mass is 31.1. The van der Waals surface area contributed by atoms with Crippen molar-refractivity contribution in [2.24, 2.45) is 0 Å². The monoisotopic (exact) mass is 163 g/mol. The van der Waals surface area contributed by atoms with E-state index in [1.165, 1.54) is 6.66 Å². The van der Waals surface area contributed by atoms with Crippen LogP contribution in [0.4, 0.5) is 0 Å². The summed E-state index contributed by atoms with van der Waals surface area (Å²) in [6, 6.07) is 0. The average Bonchev–Trinajstić information content (AvgIpc) is 1.82. The van der Waals surface area contributed by atoms with E-state index in [9.17, 15) is 9.36 Å². The van der Waals surface area contributed by atoms with Gasteiger partial charge in [-0.05, 0) is 4.57 Å². The summed E-state index contributed by atoms with van der Waals surface area (Å²) >= 11 is 0. The van der Waals surface area contributed by atoms with Gasteiger partial charge < -0.3 is 5.11 Å². The summed E-state index contributed by atoms with van der Waals surface area (Å²) in [5.41, 5.74) is -0.0924. The SMILES string of the molecule is C=C(CO[P+](C)=O)C(=O)O. The molecule has 0 radical (unpaired) electrons. The van der Waals surface area contributed by atoms with Crippen LogP contribution in [0.5, 0.6) is 0 Å². The van der Waals surface area contributed by atoms with Gasteiger partial charge in [-0.2, -0.15) is 0 Å². The molecule has 1 unspecified atom stereocenters. The molecule has 0 saturated carbocycles. The van der Waals surface area contributed by atoms with E-state index in [4.69, 9.17) is 5.11 Å². The molecule has 56 valence electrons. The summed E-state index contributed by atoms with van der Waals surface area (Å²) in [4.78, 5) is 10.0. The molecule has 0 amide bonds. The minimum Gasteiger partial charge on any atom is -0.478 e. The Morgan fingerprint density at radius 2 is 2.30 bits per heavy atom. The minimum atomic E-state index is -1.73. The van der Waals surface area contributed by atoms with Gasteiger partial charge in [0, 0.05) is 0 Å². The first-order valence-electron chi connectivity index (χ1n) is 2.49. The van der Waals surface area contributed by atoms with E-state index in [0.717, 1.165) is 0 Å². The van der Waals surface area contributed by atoms with E-state index < -0.39 is 14.0 Å². The van der Waals surface area contributed by atoms with Gasteiger partial charge in [0.1, 0.15) is 6.61 Å². The zero-order valence-corrected chi connectivity index (χ0v) is 6.43. The van der Waals surface area contributed by atoms with E-state index in [0.29, 0.717) is 0 Å². The maximum atomic E-state index is 10.3. The lowest BCUT2D eigenvalue weighted by molar-refractivity contribution is -0.132. The van der Waals surface area contributed by atoms with Crippen LogP contribution in [0.25, 0.3) is 0 Å². The van der Waals surface area contributed by atoms with Gasteiger partial charge in [-0.1, -0.05) is 6.58 Å². The molecule has 0 aliphatic rings. The largest absolute Gasteiger partial charge is 0.505 e. The lowest BCUT2D eigenvalue weighted by Gasteiger charge is -1.90. The standard InChI is InChI=1S/C5H7O4P/c1-4(5(6)7)3-9-10(2)8/h1,3H2,2H3/p+1. The van der Waals surface area contributed by atoms with Gasteiger partial charge in [-0.3, -0.25) is 0 Å². The Morgan fingerprint density at radius 1 is 1.80 bits per heavy atom. The molecule has 0 bridgehead atoms. The number of rotatable bonds is 4. The highest BCUT2D eigenvalue weighted by molar-refractivity contribution is 7.38. The summed E-state index contributed by atoms with van der Waals surface area (Å²) < 4.78 is 14.8. The van der Waals surface area contributed by atoms with Crippen molar-refractivity contribution < 1.29 is 19.0 Å². The third-order valence-corrected chi connectivity index (χ3v) is 1.22. The Bertz CT molecular complexity index is 174. The van der Waals surface area contributed by atoms with Crippen LogP contribution in [-0.4, -0.2) is 24.3 Å². The Labute approximate surface area is 59.4 Å². The first-order valence-corrected chi connectivity index (χ1v) is 4.11. The van der Waals surface area contributed by atoms with Crippen LogP contribution in [0.1, 0.15) is 0 Å². The number of hydrogen-bond donors (Lipinski definition) is 1.